The molecule has 2 aromatic rings. The third kappa shape index (κ3) is 3.68. The summed E-state index contributed by atoms with van der Waals surface area (Å²) in [5.74, 6) is 0. The number of hydrogen-bond acceptors (Lipinski definition) is 3. The van der Waals surface area contributed by atoms with E-state index < -0.39 is 0 Å². The quantitative estimate of drug-likeness (QED) is 0.918. The van der Waals surface area contributed by atoms with Crippen molar-refractivity contribution in [2.24, 2.45) is 0 Å². The lowest BCUT2D eigenvalue weighted by molar-refractivity contribution is 0.423. The van der Waals surface area contributed by atoms with Crippen LogP contribution >= 0.6 is 11.3 Å². The molecule has 0 aliphatic rings. The van der Waals surface area contributed by atoms with Crippen molar-refractivity contribution in [1.82, 2.24) is 15.1 Å². The Morgan fingerprint density at radius 3 is 2.78 bits per heavy atom. The molecule has 0 aliphatic heterocycles. The summed E-state index contributed by atoms with van der Waals surface area (Å²) in [7, 11) is 0. The summed E-state index contributed by atoms with van der Waals surface area (Å²) in [5, 5.41) is 12.3. The van der Waals surface area contributed by atoms with E-state index in [4.69, 9.17) is 0 Å². The van der Waals surface area contributed by atoms with Gasteiger partial charge in [0.25, 0.3) is 0 Å². The fourth-order valence-electron chi connectivity index (χ4n) is 1.74. The van der Waals surface area contributed by atoms with Crippen LogP contribution in [0.4, 0.5) is 0 Å². The van der Waals surface area contributed by atoms with Crippen molar-refractivity contribution in [3.8, 4) is 0 Å². The lowest BCUT2D eigenvalue weighted by atomic mass is 10.1. The SMILES string of the molecule is Cc1nn(Cc2ccsc2)cc1CNC(C)(C)C. The van der Waals surface area contributed by atoms with E-state index >= 15 is 0 Å². The number of nitrogens with one attached hydrogen (secondary N) is 1. The van der Waals surface area contributed by atoms with Gasteiger partial charge in [-0.15, -0.1) is 0 Å². The predicted octanol–water partition coefficient (Wildman–Crippen LogP) is 3.19. The Hall–Kier alpha value is -1.13. The summed E-state index contributed by atoms with van der Waals surface area (Å²) in [4.78, 5) is 0. The maximum Gasteiger partial charge on any atom is 0.0667 e. The molecular formula is C14H21N3S. The van der Waals surface area contributed by atoms with Gasteiger partial charge in [0.05, 0.1) is 12.2 Å². The van der Waals surface area contributed by atoms with Gasteiger partial charge in [-0.05, 0) is 50.1 Å². The smallest absolute Gasteiger partial charge is 0.0667 e. The molecule has 18 heavy (non-hydrogen) atoms. The second kappa shape index (κ2) is 5.24. The zero-order chi connectivity index (χ0) is 13.2. The van der Waals surface area contributed by atoms with Crippen LogP contribution in [0.25, 0.3) is 0 Å². The third-order valence-electron chi connectivity index (χ3n) is 2.78. The predicted molar refractivity (Wildman–Crippen MR) is 77.0 cm³/mol. The van der Waals surface area contributed by atoms with Gasteiger partial charge in [-0.1, -0.05) is 0 Å². The molecule has 2 aromatic heterocycles. The highest BCUT2D eigenvalue weighted by Gasteiger charge is 2.11. The van der Waals surface area contributed by atoms with Crippen molar-refractivity contribution in [1.29, 1.82) is 0 Å². The molecule has 4 heteroatoms. The summed E-state index contributed by atoms with van der Waals surface area (Å²) in [5.41, 5.74) is 3.85. The van der Waals surface area contributed by atoms with Crippen LogP contribution in [0.3, 0.4) is 0 Å². The van der Waals surface area contributed by atoms with Crippen LogP contribution < -0.4 is 5.32 Å². The van der Waals surface area contributed by atoms with E-state index in [1.807, 2.05) is 4.68 Å². The first-order valence-electron chi connectivity index (χ1n) is 6.23. The van der Waals surface area contributed by atoms with Crippen LogP contribution in [0, 0.1) is 6.92 Å². The van der Waals surface area contributed by atoms with Gasteiger partial charge in [0.2, 0.25) is 0 Å². The van der Waals surface area contributed by atoms with Crippen LogP contribution in [-0.2, 0) is 13.1 Å². The van der Waals surface area contributed by atoms with E-state index in [1.54, 1.807) is 11.3 Å². The number of thiophene rings is 1. The fraction of sp³-hybridized carbons (Fsp3) is 0.500. The zero-order valence-electron chi connectivity index (χ0n) is 11.5. The number of hydrogen-bond donors (Lipinski definition) is 1. The second-order valence-corrected chi connectivity index (χ2v) is 6.45. The third-order valence-corrected chi connectivity index (χ3v) is 3.51. The van der Waals surface area contributed by atoms with E-state index in [0.717, 1.165) is 18.8 Å². The Morgan fingerprint density at radius 1 is 1.39 bits per heavy atom. The Balaban J connectivity index is 2.03. The largest absolute Gasteiger partial charge is 0.308 e. The van der Waals surface area contributed by atoms with Gasteiger partial charge in [-0.2, -0.15) is 16.4 Å². The molecule has 0 aliphatic carbocycles. The van der Waals surface area contributed by atoms with E-state index in [1.165, 1.54) is 11.1 Å². The lowest BCUT2D eigenvalue weighted by Gasteiger charge is -2.20. The molecule has 0 aromatic carbocycles. The van der Waals surface area contributed by atoms with Gasteiger partial charge >= 0.3 is 0 Å². The Labute approximate surface area is 113 Å². The molecule has 0 fully saturated rings. The molecule has 0 amide bonds. The topological polar surface area (TPSA) is 29.9 Å². The van der Waals surface area contributed by atoms with E-state index in [-0.39, 0.29) is 5.54 Å². The van der Waals surface area contributed by atoms with E-state index in [2.05, 4.69) is 61.1 Å². The summed E-state index contributed by atoms with van der Waals surface area (Å²) in [6.45, 7) is 10.3. The molecule has 0 spiro atoms. The minimum atomic E-state index is 0.141. The highest BCUT2D eigenvalue weighted by molar-refractivity contribution is 7.07. The van der Waals surface area contributed by atoms with Gasteiger partial charge in [-0.25, -0.2) is 0 Å². The average Bonchev–Trinajstić information content (AvgIpc) is 2.85. The minimum Gasteiger partial charge on any atom is -0.308 e. The summed E-state index contributed by atoms with van der Waals surface area (Å²) in [6, 6.07) is 2.15. The molecule has 0 bridgehead atoms. The minimum absolute atomic E-state index is 0.141. The van der Waals surface area contributed by atoms with Gasteiger partial charge in [0.1, 0.15) is 0 Å². The van der Waals surface area contributed by atoms with Crippen LogP contribution in [0.5, 0.6) is 0 Å². The molecular weight excluding hydrogens is 242 g/mol. The van der Waals surface area contributed by atoms with Crippen molar-refractivity contribution >= 4 is 11.3 Å². The van der Waals surface area contributed by atoms with Crippen LogP contribution in [0.2, 0.25) is 0 Å². The summed E-state index contributed by atoms with van der Waals surface area (Å²) < 4.78 is 2.02. The maximum atomic E-state index is 4.57. The fourth-order valence-corrected chi connectivity index (χ4v) is 2.40. The van der Waals surface area contributed by atoms with Gasteiger partial charge in [-0.3, -0.25) is 4.68 Å². The first kappa shape index (κ1) is 13.3. The molecule has 2 rings (SSSR count). The molecule has 1 N–H and O–H groups in total. The van der Waals surface area contributed by atoms with Gasteiger partial charge in [0.15, 0.2) is 0 Å². The Morgan fingerprint density at radius 2 is 2.17 bits per heavy atom. The number of rotatable bonds is 4. The van der Waals surface area contributed by atoms with Crippen LogP contribution in [0.15, 0.2) is 23.0 Å². The maximum absolute atomic E-state index is 4.57. The molecule has 0 atom stereocenters. The van der Waals surface area contributed by atoms with Crippen molar-refractivity contribution in [3.05, 3.63) is 39.8 Å². The monoisotopic (exact) mass is 263 g/mol. The highest BCUT2D eigenvalue weighted by Crippen LogP contribution is 2.12. The highest BCUT2D eigenvalue weighted by atomic mass is 32.1. The van der Waals surface area contributed by atoms with Gasteiger partial charge in [0, 0.05) is 23.8 Å². The number of aryl methyl sites for hydroxylation is 1. The van der Waals surface area contributed by atoms with Crippen molar-refractivity contribution in [2.45, 2.75) is 46.3 Å². The summed E-state index contributed by atoms with van der Waals surface area (Å²) in [6.07, 6.45) is 2.14. The number of aromatic nitrogens is 2. The molecule has 0 saturated carbocycles. The van der Waals surface area contributed by atoms with Crippen molar-refractivity contribution in [3.63, 3.8) is 0 Å². The van der Waals surface area contributed by atoms with Gasteiger partial charge < -0.3 is 5.32 Å². The standard InChI is InChI=1S/C14H21N3S/c1-11-13(7-15-14(2,3)4)9-17(16-11)8-12-5-6-18-10-12/h5-6,9-10,15H,7-8H2,1-4H3. The molecule has 3 nitrogen and oxygen atoms in total. The normalized spacial score (nSPS) is 12.0. The number of nitrogens with zero attached hydrogens (tertiary/aromatic N) is 2. The molecule has 0 unspecified atom stereocenters. The Kier molecular flexibility index (Phi) is 3.88. The van der Waals surface area contributed by atoms with E-state index in [9.17, 15) is 0 Å². The van der Waals surface area contributed by atoms with Crippen molar-refractivity contribution < 1.29 is 0 Å². The first-order valence-corrected chi connectivity index (χ1v) is 7.17. The second-order valence-electron chi connectivity index (χ2n) is 5.67. The Bertz CT molecular complexity index is 492. The summed E-state index contributed by atoms with van der Waals surface area (Å²) >= 11 is 1.73. The molecule has 98 valence electrons. The van der Waals surface area contributed by atoms with Crippen LogP contribution in [-0.4, -0.2) is 15.3 Å². The zero-order valence-corrected chi connectivity index (χ0v) is 12.3. The molecule has 0 radical (unpaired) electrons. The first-order chi connectivity index (χ1) is 8.44. The average molecular weight is 263 g/mol. The lowest BCUT2D eigenvalue weighted by Crippen LogP contribution is -2.35. The van der Waals surface area contributed by atoms with Crippen molar-refractivity contribution in [2.75, 3.05) is 0 Å². The molecule has 2 heterocycles. The van der Waals surface area contributed by atoms with E-state index in [0.29, 0.717) is 0 Å². The molecule has 0 saturated heterocycles. The van der Waals surface area contributed by atoms with Crippen LogP contribution in [0.1, 0.15) is 37.6 Å².